The molecule has 23 heavy (non-hydrogen) atoms. The number of benzene rings is 1. The Morgan fingerprint density at radius 3 is 2.43 bits per heavy atom. The molecule has 1 aromatic carbocycles. The van der Waals surface area contributed by atoms with Crippen LogP contribution in [0, 0.1) is 6.92 Å². The van der Waals surface area contributed by atoms with Crippen molar-refractivity contribution in [2.24, 2.45) is 7.05 Å². The molecule has 0 saturated carbocycles. The molecular weight excluding hydrogens is 311 g/mol. The van der Waals surface area contributed by atoms with Gasteiger partial charge >= 0.3 is 6.18 Å². The van der Waals surface area contributed by atoms with E-state index in [1.54, 1.807) is 24.3 Å². The molecule has 0 aliphatic carbocycles. The number of nitrogens with one attached hydrogen (secondary N) is 1. The lowest BCUT2D eigenvalue weighted by Gasteiger charge is -2.09. The standard InChI is InChI=1S/C15H16F3N3O2/c1-9-12(13(15(16,17)18)20-21(9)2)14(22)19-8-10-4-6-11(23-3)7-5-10/h4-7H,8H2,1-3H3,(H,19,22). The van der Waals surface area contributed by atoms with Crippen LogP contribution >= 0.6 is 0 Å². The number of carbonyl (C=O) groups is 1. The van der Waals surface area contributed by atoms with Crippen LogP contribution in [0.1, 0.15) is 27.3 Å². The van der Waals surface area contributed by atoms with E-state index in [0.717, 1.165) is 10.2 Å². The molecule has 1 heterocycles. The maximum Gasteiger partial charge on any atom is 0.435 e. The van der Waals surface area contributed by atoms with Crippen molar-refractivity contribution in [2.45, 2.75) is 19.6 Å². The molecule has 0 bridgehead atoms. The molecule has 1 aromatic heterocycles. The molecule has 0 fully saturated rings. The first-order chi connectivity index (χ1) is 10.7. The number of hydrogen-bond donors (Lipinski definition) is 1. The summed E-state index contributed by atoms with van der Waals surface area (Å²) in [6.45, 7) is 1.53. The second-order valence-electron chi connectivity index (χ2n) is 4.96. The number of carbonyl (C=O) groups excluding carboxylic acids is 1. The molecule has 0 aliphatic heterocycles. The molecule has 0 saturated heterocycles. The molecule has 1 N–H and O–H groups in total. The third-order valence-electron chi connectivity index (χ3n) is 3.44. The summed E-state index contributed by atoms with van der Waals surface area (Å²) >= 11 is 0. The Hall–Kier alpha value is -2.51. The molecule has 0 radical (unpaired) electrons. The number of aromatic nitrogens is 2. The third kappa shape index (κ3) is 3.64. The normalized spacial score (nSPS) is 11.4. The number of nitrogens with zero attached hydrogens (tertiary/aromatic N) is 2. The van der Waals surface area contributed by atoms with Crippen LogP contribution in [-0.4, -0.2) is 22.8 Å². The van der Waals surface area contributed by atoms with E-state index in [1.165, 1.54) is 21.1 Å². The van der Waals surface area contributed by atoms with Crippen LogP contribution in [0.3, 0.4) is 0 Å². The van der Waals surface area contributed by atoms with Crippen LogP contribution in [0.25, 0.3) is 0 Å². The van der Waals surface area contributed by atoms with Crippen molar-refractivity contribution in [1.29, 1.82) is 0 Å². The van der Waals surface area contributed by atoms with Crippen molar-refractivity contribution in [3.8, 4) is 5.75 Å². The van der Waals surface area contributed by atoms with E-state index in [1.807, 2.05) is 0 Å². The SMILES string of the molecule is COc1ccc(CNC(=O)c2c(C(F)(F)F)nn(C)c2C)cc1. The largest absolute Gasteiger partial charge is 0.497 e. The van der Waals surface area contributed by atoms with Crippen molar-refractivity contribution in [1.82, 2.24) is 15.1 Å². The van der Waals surface area contributed by atoms with E-state index in [4.69, 9.17) is 4.74 Å². The van der Waals surface area contributed by atoms with Crippen LogP contribution in [0.5, 0.6) is 5.75 Å². The van der Waals surface area contributed by atoms with E-state index in [9.17, 15) is 18.0 Å². The molecule has 0 spiro atoms. The zero-order valence-corrected chi connectivity index (χ0v) is 12.9. The van der Waals surface area contributed by atoms with Crippen LogP contribution in [0.2, 0.25) is 0 Å². The molecule has 0 unspecified atom stereocenters. The maximum absolute atomic E-state index is 13.0. The van der Waals surface area contributed by atoms with Crippen molar-refractivity contribution in [2.75, 3.05) is 7.11 Å². The first kappa shape index (κ1) is 16.9. The summed E-state index contributed by atoms with van der Waals surface area (Å²) in [6, 6.07) is 6.86. The highest BCUT2D eigenvalue weighted by molar-refractivity contribution is 5.96. The predicted molar refractivity (Wildman–Crippen MR) is 77.1 cm³/mol. The molecule has 1 amide bonds. The van der Waals surface area contributed by atoms with E-state index in [2.05, 4.69) is 10.4 Å². The number of alkyl halides is 3. The maximum atomic E-state index is 13.0. The van der Waals surface area contributed by atoms with Gasteiger partial charge in [-0.05, 0) is 24.6 Å². The van der Waals surface area contributed by atoms with Gasteiger partial charge in [0.05, 0.1) is 12.7 Å². The second-order valence-corrected chi connectivity index (χ2v) is 4.96. The van der Waals surface area contributed by atoms with Gasteiger partial charge in [-0.3, -0.25) is 9.48 Å². The lowest BCUT2D eigenvalue weighted by Crippen LogP contribution is -2.26. The van der Waals surface area contributed by atoms with Crippen LogP contribution in [0.4, 0.5) is 13.2 Å². The molecular formula is C15H16F3N3O2. The van der Waals surface area contributed by atoms with E-state index in [0.29, 0.717) is 5.75 Å². The zero-order valence-electron chi connectivity index (χ0n) is 12.9. The topological polar surface area (TPSA) is 56.1 Å². The number of rotatable bonds is 4. The summed E-state index contributed by atoms with van der Waals surface area (Å²) in [7, 11) is 2.89. The summed E-state index contributed by atoms with van der Waals surface area (Å²) in [5.41, 5.74) is -0.725. The average molecular weight is 327 g/mol. The van der Waals surface area contributed by atoms with Crippen LogP contribution in [0.15, 0.2) is 24.3 Å². The lowest BCUT2D eigenvalue weighted by molar-refractivity contribution is -0.141. The Morgan fingerprint density at radius 2 is 1.91 bits per heavy atom. The van der Waals surface area contributed by atoms with Gasteiger partial charge in [0.2, 0.25) is 0 Å². The molecule has 5 nitrogen and oxygen atoms in total. The molecule has 124 valence electrons. The van der Waals surface area contributed by atoms with E-state index >= 15 is 0 Å². The summed E-state index contributed by atoms with van der Waals surface area (Å²) in [5.74, 6) is -0.152. The molecule has 2 rings (SSSR count). The number of hydrogen-bond acceptors (Lipinski definition) is 3. The summed E-state index contributed by atoms with van der Waals surface area (Å²) < 4.78 is 45.0. The van der Waals surface area contributed by atoms with Gasteiger partial charge in [-0.2, -0.15) is 18.3 Å². The highest BCUT2D eigenvalue weighted by Gasteiger charge is 2.40. The van der Waals surface area contributed by atoms with Gasteiger partial charge in [0.25, 0.3) is 5.91 Å². The van der Waals surface area contributed by atoms with Gasteiger partial charge in [0.15, 0.2) is 5.69 Å². The Kier molecular flexibility index (Phi) is 4.63. The average Bonchev–Trinajstić information content (AvgIpc) is 2.81. The first-order valence-electron chi connectivity index (χ1n) is 6.76. The van der Waals surface area contributed by atoms with Gasteiger partial charge < -0.3 is 10.1 Å². The lowest BCUT2D eigenvalue weighted by atomic mass is 10.1. The Morgan fingerprint density at radius 1 is 1.30 bits per heavy atom. The van der Waals surface area contributed by atoms with E-state index < -0.39 is 23.3 Å². The van der Waals surface area contributed by atoms with Crippen molar-refractivity contribution >= 4 is 5.91 Å². The Labute approximate surface area is 131 Å². The summed E-state index contributed by atoms with van der Waals surface area (Å²) in [5, 5.41) is 5.88. The molecule has 0 aliphatic rings. The third-order valence-corrected chi connectivity index (χ3v) is 3.44. The Bertz CT molecular complexity index is 706. The quantitative estimate of drug-likeness (QED) is 0.939. The monoisotopic (exact) mass is 327 g/mol. The van der Waals surface area contributed by atoms with E-state index in [-0.39, 0.29) is 12.2 Å². The fourth-order valence-electron chi connectivity index (χ4n) is 2.09. The van der Waals surface area contributed by atoms with Gasteiger partial charge in [-0.15, -0.1) is 0 Å². The number of ether oxygens (including phenoxy) is 1. The van der Waals surface area contributed by atoms with Crippen LogP contribution < -0.4 is 10.1 Å². The highest BCUT2D eigenvalue weighted by atomic mass is 19.4. The number of methoxy groups -OCH3 is 1. The first-order valence-corrected chi connectivity index (χ1v) is 6.76. The van der Waals surface area contributed by atoms with Gasteiger partial charge in [-0.1, -0.05) is 12.1 Å². The molecule has 2 aromatic rings. The van der Waals surface area contributed by atoms with Gasteiger partial charge in [0.1, 0.15) is 5.75 Å². The molecule has 8 heteroatoms. The number of amides is 1. The Balaban J connectivity index is 2.17. The van der Waals surface area contributed by atoms with Crippen molar-refractivity contribution < 1.29 is 22.7 Å². The highest BCUT2D eigenvalue weighted by Crippen LogP contribution is 2.32. The summed E-state index contributed by atoms with van der Waals surface area (Å²) in [4.78, 5) is 12.2. The van der Waals surface area contributed by atoms with Crippen molar-refractivity contribution in [3.63, 3.8) is 0 Å². The second kappa shape index (κ2) is 6.31. The molecule has 0 atom stereocenters. The predicted octanol–water partition coefficient (Wildman–Crippen LogP) is 2.69. The summed E-state index contributed by atoms with van der Waals surface area (Å²) in [6.07, 6.45) is -4.68. The zero-order chi connectivity index (χ0) is 17.2. The minimum Gasteiger partial charge on any atom is -0.497 e. The van der Waals surface area contributed by atoms with Crippen molar-refractivity contribution in [3.05, 3.63) is 46.8 Å². The van der Waals surface area contributed by atoms with Gasteiger partial charge in [0, 0.05) is 19.3 Å². The fourth-order valence-corrected chi connectivity index (χ4v) is 2.09. The smallest absolute Gasteiger partial charge is 0.435 e. The fraction of sp³-hybridized carbons (Fsp3) is 0.333. The number of halogens is 3. The number of aryl methyl sites for hydroxylation is 1. The van der Waals surface area contributed by atoms with Gasteiger partial charge in [-0.25, -0.2) is 0 Å². The minimum absolute atomic E-state index is 0.106. The van der Waals surface area contributed by atoms with Crippen LogP contribution in [-0.2, 0) is 19.8 Å². The minimum atomic E-state index is -4.68.